The SMILES string of the molecule is CCNC(=NCCOCc1ccccc1)NC1CCN(CC(N)=O)CC1.I. The van der Waals surface area contributed by atoms with E-state index in [1.54, 1.807) is 0 Å². The summed E-state index contributed by atoms with van der Waals surface area (Å²) in [7, 11) is 0. The fourth-order valence-electron chi connectivity index (χ4n) is 2.96. The van der Waals surface area contributed by atoms with Gasteiger partial charge in [-0.1, -0.05) is 30.3 Å². The van der Waals surface area contributed by atoms with Crippen LogP contribution in [0.3, 0.4) is 0 Å². The third-order valence-electron chi connectivity index (χ3n) is 4.27. The molecule has 1 aromatic carbocycles. The van der Waals surface area contributed by atoms with Crippen LogP contribution in [0, 0.1) is 0 Å². The van der Waals surface area contributed by atoms with Crippen LogP contribution >= 0.6 is 24.0 Å². The first-order chi connectivity index (χ1) is 12.7. The van der Waals surface area contributed by atoms with Crippen LogP contribution in [0.2, 0.25) is 0 Å². The molecule has 4 N–H and O–H groups in total. The highest BCUT2D eigenvalue weighted by Gasteiger charge is 2.20. The Morgan fingerprint density at radius 1 is 1.30 bits per heavy atom. The fraction of sp³-hybridized carbons (Fsp3) is 0.579. The second-order valence-electron chi connectivity index (χ2n) is 6.46. The van der Waals surface area contributed by atoms with Gasteiger partial charge in [-0.3, -0.25) is 14.7 Å². The van der Waals surface area contributed by atoms with Gasteiger partial charge in [0.05, 0.1) is 26.3 Å². The van der Waals surface area contributed by atoms with Crippen molar-refractivity contribution in [3.05, 3.63) is 35.9 Å². The van der Waals surface area contributed by atoms with Gasteiger partial charge in [-0.15, -0.1) is 24.0 Å². The molecule has 1 heterocycles. The van der Waals surface area contributed by atoms with E-state index in [1.807, 2.05) is 18.2 Å². The number of aliphatic imine (C=N–C) groups is 1. The molecule has 1 aliphatic rings. The van der Waals surface area contributed by atoms with Crippen LogP contribution in [-0.2, 0) is 16.1 Å². The molecule has 7 nitrogen and oxygen atoms in total. The van der Waals surface area contributed by atoms with Crippen LogP contribution in [0.25, 0.3) is 0 Å². The number of nitrogens with one attached hydrogen (secondary N) is 2. The molecule has 0 saturated carbocycles. The Bertz CT molecular complexity index is 562. The van der Waals surface area contributed by atoms with Crippen molar-refractivity contribution in [3.63, 3.8) is 0 Å². The lowest BCUT2D eigenvalue weighted by atomic mass is 10.1. The number of likely N-dealkylation sites (tertiary alicyclic amines) is 1. The number of carbonyl (C=O) groups is 1. The number of nitrogens with zero attached hydrogens (tertiary/aromatic N) is 2. The molecule has 1 amide bonds. The summed E-state index contributed by atoms with van der Waals surface area (Å²) in [5, 5.41) is 6.76. The Balaban J connectivity index is 0.00000364. The predicted molar refractivity (Wildman–Crippen MR) is 119 cm³/mol. The second-order valence-corrected chi connectivity index (χ2v) is 6.46. The molecule has 1 aromatic rings. The van der Waals surface area contributed by atoms with Gasteiger partial charge in [-0.25, -0.2) is 0 Å². The largest absolute Gasteiger partial charge is 0.375 e. The lowest BCUT2D eigenvalue weighted by molar-refractivity contribution is -0.119. The van der Waals surface area contributed by atoms with Crippen LogP contribution in [-0.4, -0.2) is 62.1 Å². The van der Waals surface area contributed by atoms with Gasteiger partial charge in [0.15, 0.2) is 5.96 Å². The Labute approximate surface area is 179 Å². The molecule has 1 aliphatic heterocycles. The smallest absolute Gasteiger partial charge is 0.231 e. The van der Waals surface area contributed by atoms with E-state index in [2.05, 4.69) is 39.6 Å². The molecule has 0 unspecified atom stereocenters. The topological polar surface area (TPSA) is 92.0 Å². The van der Waals surface area contributed by atoms with E-state index in [-0.39, 0.29) is 29.9 Å². The number of guanidine groups is 1. The summed E-state index contributed by atoms with van der Waals surface area (Å²) in [5.41, 5.74) is 6.43. The molecule has 0 spiro atoms. The maximum Gasteiger partial charge on any atom is 0.231 e. The second kappa shape index (κ2) is 13.7. The zero-order chi connectivity index (χ0) is 18.6. The van der Waals surface area contributed by atoms with Crippen molar-refractivity contribution < 1.29 is 9.53 Å². The van der Waals surface area contributed by atoms with Crippen molar-refractivity contribution >= 4 is 35.8 Å². The average Bonchev–Trinajstić information content (AvgIpc) is 2.63. The third-order valence-corrected chi connectivity index (χ3v) is 4.27. The molecule has 27 heavy (non-hydrogen) atoms. The number of halogens is 1. The number of benzene rings is 1. The van der Waals surface area contributed by atoms with E-state index in [9.17, 15) is 4.79 Å². The van der Waals surface area contributed by atoms with Crippen molar-refractivity contribution in [2.45, 2.75) is 32.4 Å². The standard InChI is InChI=1S/C19H31N5O2.HI/c1-2-21-19(22-10-13-26-15-16-6-4-3-5-7-16)23-17-8-11-24(12-9-17)14-18(20)25;/h3-7,17H,2,8-15H2,1H3,(H2,20,25)(H2,21,22,23);1H. The average molecular weight is 489 g/mol. The normalized spacial score (nSPS) is 15.8. The van der Waals surface area contributed by atoms with Crippen LogP contribution < -0.4 is 16.4 Å². The summed E-state index contributed by atoms with van der Waals surface area (Å²) in [5.74, 6) is 0.561. The van der Waals surface area contributed by atoms with Crippen molar-refractivity contribution in [2.24, 2.45) is 10.7 Å². The molecule has 1 fully saturated rings. The van der Waals surface area contributed by atoms with Crippen LogP contribution in [0.1, 0.15) is 25.3 Å². The molecule has 0 atom stereocenters. The molecule has 2 rings (SSSR count). The number of rotatable bonds is 9. The molecule has 0 aliphatic carbocycles. The highest BCUT2D eigenvalue weighted by Crippen LogP contribution is 2.09. The zero-order valence-corrected chi connectivity index (χ0v) is 18.4. The van der Waals surface area contributed by atoms with E-state index >= 15 is 0 Å². The van der Waals surface area contributed by atoms with Gasteiger partial charge in [0.1, 0.15) is 0 Å². The van der Waals surface area contributed by atoms with Crippen molar-refractivity contribution in [2.75, 3.05) is 39.3 Å². The van der Waals surface area contributed by atoms with E-state index in [1.165, 1.54) is 5.56 Å². The van der Waals surface area contributed by atoms with Crippen LogP contribution in [0.4, 0.5) is 0 Å². The third kappa shape index (κ3) is 9.92. The van der Waals surface area contributed by atoms with E-state index < -0.39 is 0 Å². The monoisotopic (exact) mass is 489 g/mol. The van der Waals surface area contributed by atoms with Gasteiger partial charge in [-0.2, -0.15) is 0 Å². The van der Waals surface area contributed by atoms with Gasteiger partial charge >= 0.3 is 0 Å². The lowest BCUT2D eigenvalue weighted by Gasteiger charge is -2.32. The highest BCUT2D eigenvalue weighted by atomic mass is 127. The molecule has 0 aromatic heterocycles. The number of primary amides is 1. The van der Waals surface area contributed by atoms with Gasteiger partial charge in [0.2, 0.25) is 5.91 Å². The summed E-state index contributed by atoms with van der Waals surface area (Å²) in [6.07, 6.45) is 1.95. The maximum atomic E-state index is 11.0. The quantitative estimate of drug-likeness (QED) is 0.211. The molecular formula is C19H32IN5O2. The summed E-state index contributed by atoms with van der Waals surface area (Å²) >= 11 is 0. The minimum absolute atomic E-state index is 0. The Hall–Kier alpha value is -1.39. The zero-order valence-electron chi connectivity index (χ0n) is 16.0. The Morgan fingerprint density at radius 2 is 2.00 bits per heavy atom. The number of hydrogen-bond donors (Lipinski definition) is 3. The molecule has 152 valence electrons. The van der Waals surface area contributed by atoms with Crippen molar-refractivity contribution in [1.82, 2.24) is 15.5 Å². The first-order valence-corrected chi connectivity index (χ1v) is 9.34. The Kier molecular flexibility index (Phi) is 12.0. The molecule has 8 heteroatoms. The molecule has 0 radical (unpaired) electrons. The van der Waals surface area contributed by atoms with Gasteiger partial charge in [0.25, 0.3) is 0 Å². The minimum Gasteiger partial charge on any atom is -0.375 e. The summed E-state index contributed by atoms with van der Waals surface area (Å²) in [4.78, 5) is 17.7. The van der Waals surface area contributed by atoms with Crippen LogP contribution in [0.15, 0.2) is 35.3 Å². The Morgan fingerprint density at radius 3 is 2.63 bits per heavy atom. The first kappa shape index (κ1) is 23.6. The first-order valence-electron chi connectivity index (χ1n) is 9.34. The minimum atomic E-state index is -0.262. The van der Waals surface area contributed by atoms with E-state index in [4.69, 9.17) is 10.5 Å². The number of hydrogen-bond acceptors (Lipinski definition) is 4. The number of carbonyl (C=O) groups excluding carboxylic acids is 1. The molecular weight excluding hydrogens is 457 g/mol. The van der Waals surface area contributed by atoms with Gasteiger partial charge in [0, 0.05) is 25.7 Å². The van der Waals surface area contributed by atoms with Gasteiger partial charge < -0.3 is 21.1 Å². The number of amides is 1. The number of ether oxygens (including phenoxy) is 1. The van der Waals surface area contributed by atoms with Crippen LogP contribution in [0.5, 0.6) is 0 Å². The van der Waals surface area contributed by atoms with E-state index in [0.717, 1.165) is 38.4 Å². The highest BCUT2D eigenvalue weighted by molar-refractivity contribution is 14.0. The van der Waals surface area contributed by atoms with Crippen molar-refractivity contribution in [1.29, 1.82) is 0 Å². The summed E-state index contributed by atoms with van der Waals surface area (Å²) in [6.45, 7) is 6.78. The fourth-order valence-corrected chi connectivity index (χ4v) is 2.96. The summed E-state index contributed by atoms with van der Waals surface area (Å²) in [6, 6.07) is 10.5. The molecule has 1 saturated heterocycles. The van der Waals surface area contributed by atoms with Gasteiger partial charge in [-0.05, 0) is 25.3 Å². The lowest BCUT2D eigenvalue weighted by Crippen LogP contribution is -2.49. The maximum absolute atomic E-state index is 11.0. The van der Waals surface area contributed by atoms with E-state index in [0.29, 0.717) is 32.3 Å². The number of nitrogens with two attached hydrogens (primary N) is 1. The van der Waals surface area contributed by atoms with Crippen molar-refractivity contribution in [3.8, 4) is 0 Å². The predicted octanol–water partition coefficient (Wildman–Crippen LogP) is 1.33. The number of piperidine rings is 1. The molecule has 0 bridgehead atoms. The summed E-state index contributed by atoms with van der Waals surface area (Å²) < 4.78 is 5.68.